The first-order valence-corrected chi connectivity index (χ1v) is 10.6. The Kier molecular flexibility index (Phi) is 6.49. The van der Waals surface area contributed by atoms with Gasteiger partial charge in [-0.1, -0.05) is 12.1 Å². The van der Waals surface area contributed by atoms with Crippen molar-refractivity contribution in [2.75, 3.05) is 26.2 Å². The Morgan fingerprint density at radius 2 is 1.85 bits per heavy atom. The number of aliphatic hydroxyl groups is 1. The molecule has 0 bridgehead atoms. The molecular formula is C25H23F3N2O3. The number of amides is 1. The van der Waals surface area contributed by atoms with Gasteiger partial charge in [0, 0.05) is 42.2 Å². The predicted molar refractivity (Wildman–Crippen MR) is 120 cm³/mol. The average Bonchev–Trinajstić information content (AvgIpc) is 2.75. The number of rotatable bonds is 6. The summed E-state index contributed by atoms with van der Waals surface area (Å²) in [4.78, 5) is 19.0. The molecule has 1 aliphatic rings. The van der Waals surface area contributed by atoms with Gasteiger partial charge in [-0.05, 0) is 60.8 Å². The fraction of sp³-hybridized carbons (Fsp3) is 0.280. The Morgan fingerprint density at radius 3 is 2.52 bits per heavy atom. The maximum atomic E-state index is 12.8. The molecule has 1 amide bonds. The van der Waals surface area contributed by atoms with Gasteiger partial charge in [-0.25, -0.2) is 4.99 Å². The van der Waals surface area contributed by atoms with Crippen LogP contribution in [0.1, 0.15) is 22.8 Å². The number of β-amino-alcohol motifs (C(OH)–C–C–N with tert-alkyl or cyclic N) is 1. The summed E-state index contributed by atoms with van der Waals surface area (Å²) in [6.45, 7) is 4.15. The number of carbonyl (C=O) groups is 1. The summed E-state index contributed by atoms with van der Waals surface area (Å²) in [7, 11) is 0. The lowest BCUT2D eigenvalue weighted by atomic mass is 9.95. The van der Waals surface area contributed by atoms with Gasteiger partial charge < -0.3 is 9.84 Å². The van der Waals surface area contributed by atoms with Crippen LogP contribution in [0.4, 0.5) is 13.2 Å². The molecule has 0 saturated carbocycles. The Labute approximate surface area is 189 Å². The summed E-state index contributed by atoms with van der Waals surface area (Å²) in [5.41, 5.74) is 0.475. The first-order chi connectivity index (χ1) is 15.7. The summed E-state index contributed by atoms with van der Waals surface area (Å²) < 4.78 is 44.1. The molecule has 0 radical (unpaired) electrons. The Hall–Kier alpha value is -3.23. The molecule has 0 spiro atoms. The molecule has 172 valence electrons. The molecule has 1 aliphatic heterocycles. The zero-order chi connectivity index (χ0) is 23.6. The van der Waals surface area contributed by atoms with Crippen molar-refractivity contribution in [3.63, 3.8) is 0 Å². The van der Waals surface area contributed by atoms with Crippen LogP contribution < -0.4 is 4.74 Å². The van der Waals surface area contributed by atoms with Crippen LogP contribution in [0.2, 0.25) is 0 Å². The Bertz CT molecular complexity index is 1180. The predicted octanol–water partition coefficient (Wildman–Crippen LogP) is 5.18. The van der Waals surface area contributed by atoms with E-state index in [1.807, 2.05) is 13.0 Å². The molecule has 3 aromatic carbocycles. The number of carbonyl (C=O) groups excluding carboxylic acids is 1. The minimum absolute atomic E-state index is 0.115. The van der Waals surface area contributed by atoms with Crippen LogP contribution in [0.5, 0.6) is 11.5 Å². The number of hydrogen-bond acceptors (Lipinski definition) is 4. The molecule has 1 heterocycles. The zero-order valence-electron chi connectivity index (χ0n) is 18.0. The van der Waals surface area contributed by atoms with Gasteiger partial charge in [-0.3, -0.25) is 9.69 Å². The van der Waals surface area contributed by atoms with E-state index in [0.717, 1.165) is 41.7 Å². The number of ether oxygens (including phenoxy) is 1. The van der Waals surface area contributed by atoms with E-state index in [9.17, 15) is 18.0 Å². The van der Waals surface area contributed by atoms with Gasteiger partial charge in [0.15, 0.2) is 0 Å². The Balaban J connectivity index is 1.50. The number of likely N-dealkylation sites (tertiary alicyclic amines) is 1. The maximum Gasteiger partial charge on any atom is 0.416 e. The molecule has 8 heteroatoms. The van der Waals surface area contributed by atoms with Crippen LogP contribution in [0.15, 0.2) is 65.7 Å². The second-order valence-corrected chi connectivity index (χ2v) is 8.05. The fourth-order valence-corrected chi connectivity index (χ4v) is 3.79. The summed E-state index contributed by atoms with van der Waals surface area (Å²) in [6, 6.07) is 15.0. The van der Waals surface area contributed by atoms with Crippen molar-refractivity contribution >= 4 is 22.4 Å². The average molecular weight is 456 g/mol. The molecule has 0 atom stereocenters. The van der Waals surface area contributed by atoms with Crippen LogP contribution in [-0.2, 0) is 6.18 Å². The number of aliphatic hydroxyl groups excluding tert-OH is 1. The third kappa shape index (κ3) is 5.23. The van der Waals surface area contributed by atoms with Crippen LogP contribution in [0.25, 0.3) is 10.8 Å². The van der Waals surface area contributed by atoms with Crippen LogP contribution in [-0.4, -0.2) is 47.9 Å². The SMILES string of the molecule is CC(=NC(=O)c1ccc2c(Oc3ccc(C(F)(F)F)cc3)cccc2c1)C1CN(CCO)C1. The molecule has 0 unspecified atom stereocenters. The number of alkyl halides is 3. The van der Waals surface area contributed by atoms with Gasteiger partial charge >= 0.3 is 6.18 Å². The minimum atomic E-state index is -4.40. The third-order valence-corrected chi connectivity index (χ3v) is 5.74. The van der Waals surface area contributed by atoms with Gasteiger partial charge in [0.25, 0.3) is 5.91 Å². The normalized spacial score (nSPS) is 15.5. The highest BCUT2D eigenvalue weighted by Gasteiger charge is 2.30. The first-order valence-electron chi connectivity index (χ1n) is 10.6. The number of benzene rings is 3. The number of nitrogens with zero attached hydrogens (tertiary/aromatic N) is 2. The van der Waals surface area contributed by atoms with Crippen LogP contribution >= 0.6 is 0 Å². The highest BCUT2D eigenvalue weighted by Crippen LogP contribution is 2.34. The van der Waals surface area contributed by atoms with E-state index >= 15 is 0 Å². The minimum Gasteiger partial charge on any atom is -0.457 e. The highest BCUT2D eigenvalue weighted by molar-refractivity contribution is 6.06. The molecule has 0 aromatic heterocycles. The second-order valence-electron chi connectivity index (χ2n) is 8.05. The highest BCUT2D eigenvalue weighted by atomic mass is 19.4. The lowest BCUT2D eigenvalue weighted by Crippen LogP contribution is -2.50. The van der Waals surface area contributed by atoms with E-state index in [4.69, 9.17) is 9.84 Å². The summed E-state index contributed by atoms with van der Waals surface area (Å²) in [5, 5.41) is 10.5. The lowest BCUT2D eigenvalue weighted by Gasteiger charge is -2.38. The van der Waals surface area contributed by atoms with Gasteiger partial charge in [-0.2, -0.15) is 13.2 Å². The molecule has 1 fully saturated rings. The first kappa shape index (κ1) is 22.9. The number of hydrogen-bond donors (Lipinski definition) is 1. The van der Waals surface area contributed by atoms with Crippen molar-refractivity contribution in [2.45, 2.75) is 13.1 Å². The smallest absolute Gasteiger partial charge is 0.416 e. The largest absolute Gasteiger partial charge is 0.457 e. The number of aliphatic imine (C=N–C) groups is 1. The lowest BCUT2D eigenvalue weighted by molar-refractivity contribution is -0.137. The van der Waals surface area contributed by atoms with Crippen molar-refractivity contribution < 1.29 is 27.8 Å². The summed E-state index contributed by atoms with van der Waals surface area (Å²) >= 11 is 0. The molecule has 0 aliphatic carbocycles. The van der Waals surface area contributed by atoms with Gasteiger partial charge in [0.05, 0.1) is 12.2 Å². The van der Waals surface area contributed by atoms with E-state index in [1.165, 1.54) is 12.1 Å². The van der Waals surface area contributed by atoms with Crippen molar-refractivity contribution in [1.82, 2.24) is 4.90 Å². The number of fused-ring (bicyclic) bond motifs is 1. The van der Waals surface area contributed by atoms with Crippen molar-refractivity contribution in [3.05, 3.63) is 71.8 Å². The molecule has 3 aromatic rings. The topological polar surface area (TPSA) is 62.1 Å². The molecular weight excluding hydrogens is 433 g/mol. The Morgan fingerprint density at radius 1 is 1.12 bits per heavy atom. The van der Waals surface area contributed by atoms with E-state index in [0.29, 0.717) is 17.9 Å². The molecule has 5 nitrogen and oxygen atoms in total. The standard InChI is InChI=1S/C25H23F3N2O3/c1-16(19-14-30(15-19)11-12-31)29-24(32)18-5-10-22-17(13-18)3-2-4-23(22)33-21-8-6-20(7-9-21)25(26,27)28/h2-10,13,19,31H,11-12,14-15H2,1H3. The monoisotopic (exact) mass is 456 g/mol. The zero-order valence-corrected chi connectivity index (χ0v) is 18.0. The molecule has 4 rings (SSSR count). The molecule has 33 heavy (non-hydrogen) atoms. The van der Waals surface area contributed by atoms with E-state index in [1.54, 1.807) is 30.3 Å². The van der Waals surface area contributed by atoms with Gasteiger partial charge in [-0.15, -0.1) is 0 Å². The van der Waals surface area contributed by atoms with Gasteiger partial charge in [0.2, 0.25) is 0 Å². The number of halogens is 3. The van der Waals surface area contributed by atoms with E-state index in [2.05, 4.69) is 9.89 Å². The fourth-order valence-electron chi connectivity index (χ4n) is 3.79. The maximum absolute atomic E-state index is 12.8. The summed E-state index contributed by atoms with van der Waals surface area (Å²) in [5.74, 6) is 0.643. The quantitative estimate of drug-likeness (QED) is 0.520. The van der Waals surface area contributed by atoms with Crippen LogP contribution in [0.3, 0.4) is 0 Å². The van der Waals surface area contributed by atoms with Crippen molar-refractivity contribution in [2.24, 2.45) is 10.9 Å². The summed E-state index contributed by atoms with van der Waals surface area (Å²) in [6.07, 6.45) is -4.40. The molecule has 1 saturated heterocycles. The molecule has 1 N–H and O–H groups in total. The third-order valence-electron chi connectivity index (χ3n) is 5.74. The van der Waals surface area contributed by atoms with E-state index < -0.39 is 11.7 Å². The van der Waals surface area contributed by atoms with E-state index in [-0.39, 0.29) is 24.2 Å². The van der Waals surface area contributed by atoms with Crippen molar-refractivity contribution in [3.8, 4) is 11.5 Å². The van der Waals surface area contributed by atoms with Crippen LogP contribution in [0, 0.1) is 5.92 Å². The second kappa shape index (κ2) is 9.33. The van der Waals surface area contributed by atoms with Crippen molar-refractivity contribution in [1.29, 1.82) is 0 Å². The van der Waals surface area contributed by atoms with Gasteiger partial charge in [0.1, 0.15) is 11.5 Å².